The minimum atomic E-state index is -0.00535. The average molecular weight is 546 g/mol. The van der Waals surface area contributed by atoms with Crippen molar-refractivity contribution < 1.29 is 5.11 Å². The smallest absolute Gasteiger partial charge is 0.250 e. The number of hydrogen-bond acceptors (Lipinski definition) is 3. The van der Waals surface area contributed by atoms with Crippen LogP contribution in [-0.2, 0) is 13.1 Å². The van der Waals surface area contributed by atoms with E-state index >= 15 is 0 Å². The number of aliphatic imine (C=N–C) groups is 1. The molecule has 0 saturated carbocycles. The van der Waals surface area contributed by atoms with Gasteiger partial charge in [-0.2, -0.15) is 0 Å². The maximum absolute atomic E-state index is 11.9. The molecule has 0 spiro atoms. The maximum Gasteiger partial charge on any atom is 0.250 e. The first-order chi connectivity index (χ1) is 15.2. The second-order valence-corrected chi connectivity index (χ2v) is 7.35. The molecule has 0 fully saturated rings. The molecule has 0 bridgehead atoms. The van der Waals surface area contributed by atoms with Crippen molar-refractivity contribution in [2.45, 2.75) is 25.9 Å². The van der Waals surface area contributed by atoms with Gasteiger partial charge in [-0.1, -0.05) is 60.7 Å². The SMILES string of the molecule is CCNC(=NCc1ccc(Cn2ccccc2=O)cc1)NCC(CO)c1ccccc1.I. The van der Waals surface area contributed by atoms with Crippen LogP contribution in [0, 0.1) is 0 Å². The monoisotopic (exact) mass is 546 g/mol. The van der Waals surface area contributed by atoms with Crippen molar-refractivity contribution in [1.29, 1.82) is 0 Å². The molecule has 1 atom stereocenters. The molecule has 7 heteroatoms. The fraction of sp³-hybridized carbons (Fsp3) is 0.280. The van der Waals surface area contributed by atoms with E-state index in [0.717, 1.165) is 29.2 Å². The number of nitrogens with zero attached hydrogens (tertiary/aromatic N) is 2. The van der Waals surface area contributed by atoms with E-state index in [1.807, 2.05) is 67.6 Å². The van der Waals surface area contributed by atoms with Gasteiger partial charge in [0, 0.05) is 31.3 Å². The first kappa shape index (κ1) is 25.6. The van der Waals surface area contributed by atoms with E-state index in [0.29, 0.717) is 19.6 Å². The lowest BCUT2D eigenvalue weighted by Gasteiger charge is -2.18. The molecule has 0 aliphatic carbocycles. The fourth-order valence-electron chi connectivity index (χ4n) is 3.28. The van der Waals surface area contributed by atoms with Crippen LogP contribution in [0.25, 0.3) is 0 Å². The number of nitrogens with one attached hydrogen (secondary N) is 2. The molecule has 0 saturated heterocycles. The first-order valence-corrected chi connectivity index (χ1v) is 10.6. The van der Waals surface area contributed by atoms with E-state index in [4.69, 9.17) is 0 Å². The van der Waals surface area contributed by atoms with Crippen molar-refractivity contribution in [1.82, 2.24) is 15.2 Å². The van der Waals surface area contributed by atoms with E-state index in [1.54, 1.807) is 22.9 Å². The third-order valence-corrected chi connectivity index (χ3v) is 5.05. The zero-order valence-electron chi connectivity index (χ0n) is 18.3. The van der Waals surface area contributed by atoms with Gasteiger partial charge in [0.25, 0.3) is 5.56 Å². The molecule has 1 aromatic heterocycles. The Kier molecular flexibility index (Phi) is 11.0. The van der Waals surface area contributed by atoms with Crippen molar-refractivity contribution in [2.75, 3.05) is 19.7 Å². The molecular formula is C25H31IN4O2. The number of guanidine groups is 1. The summed E-state index contributed by atoms with van der Waals surface area (Å²) in [5.74, 6) is 0.725. The van der Waals surface area contributed by atoms with E-state index in [-0.39, 0.29) is 42.1 Å². The lowest BCUT2D eigenvalue weighted by Crippen LogP contribution is -2.39. The number of halogens is 1. The Morgan fingerprint density at radius 3 is 2.31 bits per heavy atom. The van der Waals surface area contributed by atoms with Gasteiger partial charge in [0.05, 0.1) is 19.7 Å². The second-order valence-electron chi connectivity index (χ2n) is 7.35. The Balaban J connectivity index is 0.00000363. The lowest BCUT2D eigenvalue weighted by atomic mass is 10.0. The highest BCUT2D eigenvalue weighted by Gasteiger charge is 2.10. The minimum Gasteiger partial charge on any atom is -0.396 e. The summed E-state index contributed by atoms with van der Waals surface area (Å²) in [6.45, 7) is 4.54. The molecule has 32 heavy (non-hydrogen) atoms. The van der Waals surface area contributed by atoms with E-state index in [2.05, 4.69) is 15.6 Å². The van der Waals surface area contributed by atoms with Crippen molar-refractivity contribution in [2.24, 2.45) is 4.99 Å². The van der Waals surface area contributed by atoms with Crippen molar-refractivity contribution in [3.8, 4) is 0 Å². The average Bonchev–Trinajstić information content (AvgIpc) is 2.81. The summed E-state index contributed by atoms with van der Waals surface area (Å²) in [4.78, 5) is 16.5. The van der Waals surface area contributed by atoms with Gasteiger partial charge in [0.2, 0.25) is 0 Å². The lowest BCUT2D eigenvalue weighted by molar-refractivity contribution is 0.265. The number of benzene rings is 2. The number of hydrogen-bond donors (Lipinski definition) is 3. The number of rotatable bonds is 9. The highest BCUT2D eigenvalue weighted by atomic mass is 127. The third-order valence-electron chi connectivity index (χ3n) is 5.05. The number of pyridine rings is 1. The molecule has 0 radical (unpaired) electrons. The van der Waals surface area contributed by atoms with Gasteiger partial charge in [-0.15, -0.1) is 24.0 Å². The Morgan fingerprint density at radius 1 is 0.969 bits per heavy atom. The Labute approximate surface area is 206 Å². The van der Waals surface area contributed by atoms with Gasteiger partial charge in [-0.05, 0) is 29.7 Å². The summed E-state index contributed by atoms with van der Waals surface area (Å²) in [5, 5.41) is 16.3. The van der Waals surface area contributed by atoms with E-state index in [9.17, 15) is 9.90 Å². The predicted octanol–water partition coefficient (Wildman–Crippen LogP) is 3.35. The molecule has 1 heterocycles. The van der Waals surface area contributed by atoms with Gasteiger partial charge >= 0.3 is 0 Å². The van der Waals surface area contributed by atoms with Gasteiger partial charge in [-0.25, -0.2) is 4.99 Å². The summed E-state index contributed by atoms with van der Waals surface area (Å²) in [7, 11) is 0. The molecule has 0 amide bonds. The minimum absolute atomic E-state index is 0. The van der Waals surface area contributed by atoms with Crippen LogP contribution in [0.4, 0.5) is 0 Å². The van der Waals surface area contributed by atoms with E-state index in [1.165, 1.54) is 0 Å². The molecule has 6 nitrogen and oxygen atoms in total. The van der Waals surface area contributed by atoms with Gasteiger partial charge in [0.15, 0.2) is 5.96 Å². The van der Waals surface area contributed by atoms with Crippen LogP contribution >= 0.6 is 24.0 Å². The van der Waals surface area contributed by atoms with Crippen LogP contribution in [0.15, 0.2) is 88.8 Å². The largest absolute Gasteiger partial charge is 0.396 e. The van der Waals surface area contributed by atoms with Crippen molar-refractivity contribution >= 4 is 29.9 Å². The summed E-state index contributed by atoms with van der Waals surface area (Å²) < 4.78 is 1.69. The van der Waals surface area contributed by atoms with Crippen molar-refractivity contribution in [3.63, 3.8) is 0 Å². The quantitative estimate of drug-likeness (QED) is 0.219. The zero-order chi connectivity index (χ0) is 21.9. The fourth-order valence-corrected chi connectivity index (χ4v) is 3.28. The number of aliphatic hydroxyl groups is 1. The van der Waals surface area contributed by atoms with Crippen LogP contribution in [0.2, 0.25) is 0 Å². The highest BCUT2D eigenvalue weighted by Crippen LogP contribution is 2.13. The molecule has 3 N–H and O–H groups in total. The van der Waals surface area contributed by atoms with Gasteiger partial charge in [0.1, 0.15) is 0 Å². The van der Waals surface area contributed by atoms with Crippen LogP contribution in [-0.4, -0.2) is 35.3 Å². The topological polar surface area (TPSA) is 78.7 Å². The molecule has 1 unspecified atom stereocenters. The molecule has 2 aromatic carbocycles. The van der Waals surface area contributed by atoms with Crippen LogP contribution in [0.1, 0.15) is 29.5 Å². The standard InChI is InChI=1S/C25H30N4O2.HI/c1-2-26-25(28-17-23(19-30)22-8-4-3-5-9-22)27-16-20-11-13-21(14-12-20)18-29-15-7-6-10-24(29)31;/h3-15,23,30H,2,16-19H2,1H3,(H2,26,27,28);1H. The second kappa shape index (κ2) is 13.7. The number of aliphatic hydroxyl groups excluding tert-OH is 1. The number of aromatic nitrogens is 1. The normalized spacial score (nSPS) is 12.0. The Bertz CT molecular complexity index is 1020. The zero-order valence-corrected chi connectivity index (χ0v) is 20.6. The summed E-state index contributed by atoms with van der Waals surface area (Å²) >= 11 is 0. The Hall–Kier alpha value is -2.65. The molecule has 3 rings (SSSR count). The van der Waals surface area contributed by atoms with Gasteiger partial charge < -0.3 is 20.3 Å². The van der Waals surface area contributed by atoms with Crippen LogP contribution in [0.3, 0.4) is 0 Å². The van der Waals surface area contributed by atoms with Crippen LogP contribution in [0.5, 0.6) is 0 Å². The van der Waals surface area contributed by atoms with E-state index < -0.39 is 0 Å². The molecule has 3 aromatic rings. The summed E-state index contributed by atoms with van der Waals surface area (Å²) in [6, 6.07) is 23.3. The maximum atomic E-state index is 11.9. The third kappa shape index (κ3) is 7.80. The summed E-state index contributed by atoms with van der Waals surface area (Å²) in [6.07, 6.45) is 1.80. The highest BCUT2D eigenvalue weighted by molar-refractivity contribution is 14.0. The molecule has 0 aliphatic heterocycles. The molecule has 170 valence electrons. The molecular weight excluding hydrogens is 515 g/mol. The first-order valence-electron chi connectivity index (χ1n) is 10.6. The Morgan fingerprint density at radius 2 is 1.66 bits per heavy atom. The summed E-state index contributed by atoms with van der Waals surface area (Å²) in [5.41, 5.74) is 3.25. The van der Waals surface area contributed by atoms with Gasteiger partial charge in [-0.3, -0.25) is 4.79 Å². The molecule has 0 aliphatic rings. The predicted molar refractivity (Wildman–Crippen MR) is 141 cm³/mol. The van der Waals surface area contributed by atoms with Crippen molar-refractivity contribution in [3.05, 3.63) is 106 Å². The van der Waals surface area contributed by atoms with Crippen LogP contribution < -0.4 is 16.2 Å².